The van der Waals surface area contributed by atoms with Crippen LogP contribution in [0.25, 0.3) is 0 Å². The number of nitrogens with one attached hydrogen (secondary N) is 2. The summed E-state index contributed by atoms with van der Waals surface area (Å²) in [4.78, 5) is 23.8. The minimum atomic E-state index is -0.725. The van der Waals surface area contributed by atoms with Crippen molar-refractivity contribution >= 4 is 29.0 Å². The van der Waals surface area contributed by atoms with Gasteiger partial charge in [0.15, 0.2) is 0 Å². The second-order valence-corrected chi connectivity index (χ2v) is 6.22. The number of amides is 2. The first-order chi connectivity index (χ1) is 8.17. The molecule has 0 atom stereocenters. The van der Waals surface area contributed by atoms with Crippen molar-refractivity contribution in [2.45, 2.75) is 45.6 Å². The van der Waals surface area contributed by atoms with Gasteiger partial charge in [0.25, 0.3) is 0 Å². The molecule has 1 saturated carbocycles. The number of hydrogen-bond donors (Lipinski definition) is 3. The highest BCUT2D eigenvalue weighted by Gasteiger charge is 2.46. The zero-order valence-electron chi connectivity index (χ0n) is 11.1. The summed E-state index contributed by atoms with van der Waals surface area (Å²) in [5.41, 5.74) is 4.58. The molecule has 1 rings (SSSR count). The molecule has 0 aromatic heterocycles. The van der Waals surface area contributed by atoms with Crippen LogP contribution >= 0.6 is 12.2 Å². The largest absolute Gasteiger partial charge is 0.392 e. The Morgan fingerprint density at radius 3 is 2.22 bits per heavy atom. The van der Waals surface area contributed by atoms with E-state index in [4.69, 9.17) is 18.0 Å². The van der Waals surface area contributed by atoms with Crippen LogP contribution in [-0.2, 0) is 9.59 Å². The number of carbonyl (C=O) groups is 2. The fourth-order valence-electron chi connectivity index (χ4n) is 1.91. The molecule has 0 saturated heterocycles. The van der Waals surface area contributed by atoms with Crippen molar-refractivity contribution in [2.24, 2.45) is 11.1 Å². The van der Waals surface area contributed by atoms with Crippen molar-refractivity contribution in [1.82, 2.24) is 10.6 Å². The fourth-order valence-corrected chi connectivity index (χ4v) is 2.20. The first-order valence-corrected chi connectivity index (χ1v) is 6.47. The van der Waals surface area contributed by atoms with Crippen LogP contribution in [0.1, 0.15) is 40.0 Å². The van der Waals surface area contributed by atoms with Crippen molar-refractivity contribution in [3.63, 3.8) is 0 Å². The predicted octanol–water partition coefficient (Wildman–Crippen LogP) is 0.474. The van der Waals surface area contributed by atoms with Crippen LogP contribution in [0.4, 0.5) is 0 Å². The lowest BCUT2D eigenvalue weighted by Crippen LogP contribution is -2.55. The lowest BCUT2D eigenvalue weighted by molar-refractivity contribution is -0.133. The van der Waals surface area contributed by atoms with Gasteiger partial charge in [0, 0.05) is 5.54 Å². The summed E-state index contributed by atoms with van der Waals surface area (Å²) in [7, 11) is 0. The molecule has 0 unspecified atom stereocenters. The normalized spacial score (nSPS) is 17.5. The number of rotatable bonds is 4. The van der Waals surface area contributed by atoms with E-state index < -0.39 is 5.41 Å². The van der Waals surface area contributed by atoms with E-state index in [9.17, 15) is 9.59 Å². The van der Waals surface area contributed by atoms with E-state index in [1.54, 1.807) is 0 Å². The van der Waals surface area contributed by atoms with Crippen molar-refractivity contribution in [3.05, 3.63) is 0 Å². The summed E-state index contributed by atoms with van der Waals surface area (Å²) in [6, 6.07) is 0. The lowest BCUT2D eigenvalue weighted by Gasteiger charge is -2.39. The molecule has 5 nitrogen and oxygen atoms in total. The summed E-state index contributed by atoms with van der Waals surface area (Å²) in [6.07, 6.45) is 2.29. The highest BCUT2D eigenvalue weighted by atomic mass is 32.1. The van der Waals surface area contributed by atoms with Gasteiger partial charge in [-0.3, -0.25) is 9.59 Å². The topological polar surface area (TPSA) is 84.2 Å². The van der Waals surface area contributed by atoms with Crippen LogP contribution in [0, 0.1) is 5.41 Å². The second kappa shape index (κ2) is 5.22. The Kier molecular flexibility index (Phi) is 4.32. The van der Waals surface area contributed by atoms with Crippen molar-refractivity contribution in [2.75, 3.05) is 6.54 Å². The van der Waals surface area contributed by atoms with Gasteiger partial charge in [-0.2, -0.15) is 0 Å². The van der Waals surface area contributed by atoms with Gasteiger partial charge >= 0.3 is 0 Å². The molecule has 0 heterocycles. The molecule has 1 aliphatic rings. The van der Waals surface area contributed by atoms with Crippen LogP contribution in [0.3, 0.4) is 0 Å². The number of thiocarbonyl (C=S) groups is 1. The Hall–Kier alpha value is -1.17. The molecule has 4 N–H and O–H groups in total. The third-order valence-corrected chi connectivity index (χ3v) is 3.43. The third-order valence-electron chi connectivity index (χ3n) is 3.04. The Balaban J connectivity index is 2.47. The summed E-state index contributed by atoms with van der Waals surface area (Å²) in [5.74, 6) is -0.446. The SMILES string of the molecule is CC(C)(C)NC(=O)CNC(=O)C1(C(N)=S)CCC1. The molecule has 0 spiro atoms. The second-order valence-electron chi connectivity index (χ2n) is 5.78. The molecule has 0 aliphatic heterocycles. The van der Waals surface area contributed by atoms with Gasteiger partial charge < -0.3 is 16.4 Å². The van der Waals surface area contributed by atoms with E-state index in [1.165, 1.54) is 0 Å². The third kappa shape index (κ3) is 3.41. The quantitative estimate of drug-likeness (QED) is 0.649. The van der Waals surface area contributed by atoms with Crippen molar-refractivity contribution in [1.29, 1.82) is 0 Å². The Bertz CT molecular complexity index is 370. The van der Waals surface area contributed by atoms with Crippen molar-refractivity contribution < 1.29 is 9.59 Å². The van der Waals surface area contributed by atoms with Crippen LogP contribution in [-0.4, -0.2) is 28.9 Å². The lowest BCUT2D eigenvalue weighted by atomic mass is 9.68. The maximum Gasteiger partial charge on any atom is 0.239 e. The van der Waals surface area contributed by atoms with E-state index in [0.29, 0.717) is 12.8 Å². The van der Waals surface area contributed by atoms with Gasteiger partial charge in [-0.1, -0.05) is 18.6 Å². The minimum Gasteiger partial charge on any atom is -0.392 e. The molecule has 0 radical (unpaired) electrons. The highest BCUT2D eigenvalue weighted by Crippen LogP contribution is 2.41. The van der Waals surface area contributed by atoms with Gasteiger partial charge in [0.1, 0.15) is 0 Å². The molecule has 1 fully saturated rings. The zero-order chi connectivity index (χ0) is 14.0. The maximum atomic E-state index is 12.0. The number of hydrogen-bond acceptors (Lipinski definition) is 3. The van der Waals surface area contributed by atoms with Gasteiger partial charge in [0.05, 0.1) is 16.9 Å². The van der Waals surface area contributed by atoms with Crippen LogP contribution < -0.4 is 16.4 Å². The van der Waals surface area contributed by atoms with E-state index in [2.05, 4.69) is 10.6 Å². The minimum absolute atomic E-state index is 0.0412. The molecular weight excluding hydrogens is 250 g/mol. The van der Waals surface area contributed by atoms with Gasteiger partial charge in [-0.05, 0) is 33.6 Å². The molecular formula is C12H21N3O2S. The standard InChI is InChI=1S/C12H21N3O2S/c1-11(2,3)15-8(16)7-14-10(17)12(9(13)18)5-4-6-12/h4-7H2,1-3H3,(H2,13,18)(H,14,17)(H,15,16). The smallest absolute Gasteiger partial charge is 0.239 e. The average Bonchev–Trinajstić information content (AvgIpc) is 2.09. The summed E-state index contributed by atoms with van der Waals surface area (Å²) < 4.78 is 0. The first-order valence-electron chi connectivity index (χ1n) is 6.07. The molecule has 0 aromatic carbocycles. The Morgan fingerprint density at radius 2 is 1.89 bits per heavy atom. The Labute approximate surface area is 113 Å². The van der Waals surface area contributed by atoms with Crippen LogP contribution in [0.15, 0.2) is 0 Å². The Morgan fingerprint density at radius 1 is 1.33 bits per heavy atom. The van der Waals surface area contributed by atoms with E-state index in [1.807, 2.05) is 20.8 Å². The molecule has 18 heavy (non-hydrogen) atoms. The van der Waals surface area contributed by atoms with E-state index in [-0.39, 0.29) is 28.9 Å². The first kappa shape index (κ1) is 14.9. The average molecular weight is 271 g/mol. The van der Waals surface area contributed by atoms with Crippen LogP contribution in [0.5, 0.6) is 0 Å². The molecule has 0 aromatic rings. The fraction of sp³-hybridized carbons (Fsp3) is 0.750. The zero-order valence-corrected chi connectivity index (χ0v) is 11.9. The number of nitrogens with two attached hydrogens (primary N) is 1. The van der Waals surface area contributed by atoms with Crippen LogP contribution in [0.2, 0.25) is 0 Å². The molecule has 0 bridgehead atoms. The molecule has 1 aliphatic carbocycles. The highest BCUT2D eigenvalue weighted by molar-refractivity contribution is 7.80. The van der Waals surface area contributed by atoms with Crippen molar-refractivity contribution in [3.8, 4) is 0 Å². The van der Waals surface area contributed by atoms with Gasteiger partial charge in [0.2, 0.25) is 11.8 Å². The van der Waals surface area contributed by atoms with E-state index in [0.717, 1.165) is 6.42 Å². The number of carbonyl (C=O) groups excluding carboxylic acids is 2. The summed E-state index contributed by atoms with van der Waals surface area (Å²) >= 11 is 4.94. The summed E-state index contributed by atoms with van der Waals surface area (Å²) in [5, 5.41) is 5.38. The maximum absolute atomic E-state index is 12.0. The van der Waals surface area contributed by atoms with Gasteiger partial charge in [-0.25, -0.2) is 0 Å². The van der Waals surface area contributed by atoms with E-state index >= 15 is 0 Å². The monoisotopic (exact) mass is 271 g/mol. The molecule has 102 valence electrons. The summed E-state index contributed by atoms with van der Waals surface area (Å²) in [6.45, 7) is 5.61. The van der Waals surface area contributed by atoms with Gasteiger partial charge in [-0.15, -0.1) is 0 Å². The molecule has 6 heteroatoms. The molecule has 2 amide bonds. The predicted molar refractivity (Wildman–Crippen MR) is 74.0 cm³/mol.